The molecule has 5 rings (SSSR count). The summed E-state index contributed by atoms with van der Waals surface area (Å²) in [5.41, 5.74) is 5.49. The van der Waals surface area contributed by atoms with E-state index in [1.165, 1.54) is 36.0 Å². The molecule has 4 nitrogen and oxygen atoms in total. The van der Waals surface area contributed by atoms with Crippen molar-refractivity contribution >= 4 is 0 Å². The van der Waals surface area contributed by atoms with Gasteiger partial charge >= 0.3 is 0 Å². The molecule has 29 heavy (non-hydrogen) atoms. The number of aromatic nitrogens is 1. The molecule has 4 heteroatoms. The molecule has 1 aromatic carbocycles. The number of aliphatic hydroxyl groups is 1. The molecule has 1 aromatic heterocycles. The van der Waals surface area contributed by atoms with Gasteiger partial charge in [-0.25, -0.2) is 0 Å². The van der Waals surface area contributed by atoms with E-state index in [1.54, 1.807) is 0 Å². The predicted molar refractivity (Wildman–Crippen MR) is 114 cm³/mol. The molecule has 154 valence electrons. The van der Waals surface area contributed by atoms with Crippen molar-refractivity contribution in [3.05, 3.63) is 58.4 Å². The highest BCUT2D eigenvalue weighted by Gasteiger charge is 2.53. The van der Waals surface area contributed by atoms with Crippen LogP contribution in [0.1, 0.15) is 54.1 Å². The molecule has 1 saturated heterocycles. The number of ether oxygens (including phenoxy) is 1. The van der Waals surface area contributed by atoms with Crippen LogP contribution in [-0.4, -0.2) is 34.7 Å². The summed E-state index contributed by atoms with van der Waals surface area (Å²) in [6.45, 7) is 7.71. The highest BCUT2D eigenvalue weighted by atomic mass is 16.5. The molecule has 0 unspecified atom stereocenters. The highest BCUT2D eigenvalue weighted by molar-refractivity contribution is 5.45. The molecule has 3 atom stereocenters. The summed E-state index contributed by atoms with van der Waals surface area (Å²) < 4.78 is 6.00. The molecule has 1 saturated carbocycles. The summed E-state index contributed by atoms with van der Waals surface area (Å²) in [4.78, 5) is 7.11. The topological polar surface area (TPSA) is 45.6 Å². The van der Waals surface area contributed by atoms with Gasteiger partial charge in [-0.3, -0.25) is 9.88 Å². The molecule has 3 aliphatic rings. The van der Waals surface area contributed by atoms with Crippen LogP contribution in [0, 0.1) is 18.8 Å². The van der Waals surface area contributed by atoms with Gasteiger partial charge in [-0.2, -0.15) is 0 Å². The minimum Gasteiger partial charge on any atom is -0.494 e. The average Bonchev–Trinajstić information content (AvgIpc) is 3.40. The third-order valence-electron chi connectivity index (χ3n) is 7.35. The van der Waals surface area contributed by atoms with Crippen LogP contribution in [-0.2, 0) is 25.0 Å². The van der Waals surface area contributed by atoms with E-state index in [0.29, 0.717) is 12.5 Å². The van der Waals surface area contributed by atoms with Crippen molar-refractivity contribution in [2.45, 2.75) is 58.1 Å². The number of aryl methyl sites for hydroxylation is 3. The number of likely N-dealkylation sites (tertiary alicyclic amines) is 1. The van der Waals surface area contributed by atoms with E-state index in [-0.39, 0.29) is 5.92 Å². The van der Waals surface area contributed by atoms with Crippen LogP contribution in [0.2, 0.25) is 0 Å². The zero-order valence-electron chi connectivity index (χ0n) is 17.7. The number of rotatable bonds is 5. The van der Waals surface area contributed by atoms with Crippen LogP contribution in [0.15, 0.2) is 30.5 Å². The van der Waals surface area contributed by atoms with Crippen LogP contribution in [0.25, 0.3) is 0 Å². The maximum absolute atomic E-state index is 11.6. The lowest BCUT2D eigenvalue weighted by Crippen LogP contribution is -2.35. The van der Waals surface area contributed by atoms with E-state index in [1.807, 2.05) is 19.2 Å². The Labute approximate surface area is 173 Å². The lowest BCUT2D eigenvalue weighted by molar-refractivity contribution is -0.0108. The van der Waals surface area contributed by atoms with Gasteiger partial charge in [-0.15, -0.1) is 0 Å². The molecular weight excluding hydrogens is 360 g/mol. The van der Waals surface area contributed by atoms with Crippen molar-refractivity contribution in [2.24, 2.45) is 11.8 Å². The Morgan fingerprint density at radius 1 is 1.21 bits per heavy atom. The third-order valence-corrected chi connectivity index (χ3v) is 7.35. The molecule has 2 aromatic rings. The Kier molecular flexibility index (Phi) is 4.87. The molecule has 0 spiro atoms. The van der Waals surface area contributed by atoms with Gasteiger partial charge in [0.25, 0.3) is 0 Å². The van der Waals surface area contributed by atoms with Crippen LogP contribution >= 0.6 is 0 Å². The van der Waals surface area contributed by atoms with Crippen molar-refractivity contribution in [2.75, 3.05) is 19.7 Å². The zero-order valence-corrected chi connectivity index (χ0v) is 17.7. The van der Waals surface area contributed by atoms with Crippen LogP contribution in [0.5, 0.6) is 5.75 Å². The van der Waals surface area contributed by atoms with Crippen LogP contribution in [0.4, 0.5) is 0 Å². The van der Waals surface area contributed by atoms with Gasteiger partial charge < -0.3 is 9.84 Å². The number of hydrogen-bond acceptors (Lipinski definition) is 4. The molecule has 2 aliphatic carbocycles. The number of hydrogen-bond donors (Lipinski definition) is 1. The fourth-order valence-electron chi connectivity index (χ4n) is 5.86. The molecule has 0 amide bonds. The number of benzene rings is 1. The van der Waals surface area contributed by atoms with Gasteiger partial charge in [0.05, 0.1) is 12.3 Å². The van der Waals surface area contributed by atoms with Crippen molar-refractivity contribution in [1.82, 2.24) is 9.88 Å². The van der Waals surface area contributed by atoms with Gasteiger partial charge in [0, 0.05) is 37.3 Å². The van der Waals surface area contributed by atoms with Crippen molar-refractivity contribution < 1.29 is 9.84 Å². The SMILES string of the molecule is CCOc1cc2c(cc1CN1C[C@@H]3CC[C@@](O)(c4ccc(C)cn4)[C@@H]3C1)CCC2. The second kappa shape index (κ2) is 7.41. The smallest absolute Gasteiger partial charge is 0.124 e. The molecule has 1 N–H and O–H groups in total. The third kappa shape index (κ3) is 3.36. The maximum atomic E-state index is 11.6. The summed E-state index contributed by atoms with van der Waals surface area (Å²) in [6, 6.07) is 8.76. The lowest BCUT2D eigenvalue weighted by Gasteiger charge is -2.30. The van der Waals surface area contributed by atoms with E-state index in [2.05, 4.69) is 35.0 Å². The molecule has 2 fully saturated rings. The first-order valence-corrected chi connectivity index (χ1v) is 11.2. The summed E-state index contributed by atoms with van der Waals surface area (Å²) in [5, 5.41) is 11.6. The molecule has 0 radical (unpaired) electrons. The minimum atomic E-state index is -0.784. The highest BCUT2D eigenvalue weighted by Crippen LogP contribution is 2.50. The fourth-order valence-corrected chi connectivity index (χ4v) is 5.86. The molecule has 1 aliphatic heterocycles. The fraction of sp³-hybridized carbons (Fsp3) is 0.560. The van der Waals surface area contributed by atoms with Crippen molar-refractivity contribution in [3.63, 3.8) is 0 Å². The average molecular weight is 393 g/mol. The Morgan fingerprint density at radius 3 is 2.79 bits per heavy atom. The summed E-state index contributed by atoms with van der Waals surface area (Å²) >= 11 is 0. The zero-order chi connectivity index (χ0) is 20.0. The van der Waals surface area contributed by atoms with Gasteiger partial charge in [0.15, 0.2) is 0 Å². The predicted octanol–water partition coefficient (Wildman–Crippen LogP) is 4.01. The van der Waals surface area contributed by atoms with Gasteiger partial charge in [0.1, 0.15) is 11.4 Å². The number of fused-ring (bicyclic) bond motifs is 2. The Bertz CT molecular complexity index is 894. The van der Waals surface area contributed by atoms with Crippen molar-refractivity contribution in [1.29, 1.82) is 0 Å². The molecular formula is C25H32N2O2. The first-order valence-electron chi connectivity index (χ1n) is 11.2. The van der Waals surface area contributed by atoms with Gasteiger partial charge in [-0.05, 0) is 80.7 Å². The lowest BCUT2D eigenvalue weighted by atomic mass is 9.85. The number of pyridine rings is 1. The van der Waals surface area contributed by atoms with E-state index in [0.717, 1.165) is 49.5 Å². The Hall–Kier alpha value is -1.91. The van der Waals surface area contributed by atoms with E-state index in [9.17, 15) is 5.11 Å². The normalized spacial score (nSPS) is 28.5. The molecule has 0 bridgehead atoms. The minimum absolute atomic E-state index is 0.266. The quantitative estimate of drug-likeness (QED) is 0.835. The van der Waals surface area contributed by atoms with Crippen LogP contribution in [0.3, 0.4) is 0 Å². The first-order chi connectivity index (χ1) is 14.1. The van der Waals surface area contributed by atoms with E-state index in [4.69, 9.17) is 4.74 Å². The Balaban J connectivity index is 1.36. The van der Waals surface area contributed by atoms with Crippen LogP contribution < -0.4 is 4.74 Å². The van der Waals surface area contributed by atoms with Gasteiger partial charge in [-0.1, -0.05) is 12.1 Å². The second-order valence-electron chi connectivity index (χ2n) is 9.26. The summed E-state index contributed by atoms with van der Waals surface area (Å²) in [7, 11) is 0. The Morgan fingerprint density at radius 2 is 2.03 bits per heavy atom. The monoisotopic (exact) mass is 392 g/mol. The largest absolute Gasteiger partial charge is 0.494 e. The first kappa shape index (κ1) is 19.1. The summed E-state index contributed by atoms with van der Waals surface area (Å²) in [5.74, 6) is 1.87. The second-order valence-corrected chi connectivity index (χ2v) is 9.26. The van der Waals surface area contributed by atoms with Crippen molar-refractivity contribution in [3.8, 4) is 5.75 Å². The molecule has 2 heterocycles. The van der Waals surface area contributed by atoms with E-state index < -0.39 is 5.60 Å². The summed E-state index contributed by atoms with van der Waals surface area (Å²) in [6.07, 6.45) is 7.42. The van der Waals surface area contributed by atoms with Gasteiger partial charge in [0.2, 0.25) is 0 Å². The number of nitrogens with zero attached hydrogens (tertiary/aromatic N) is 2. The van der Waals surface area contributed by atoms with E-state index >= 15 is 0 Å². The standard InChI is InChI=1S/C25H32N2O2/c1-3-29-23-12-19-6-4-5-18(19)11-21(23)15-27-14-20-9-10-25(28,22(20)16-27)24-8-7-17(2)13-26-24/h7-8,11-13,20,22,28H,3-6,9-10,14-16H2,1-2H3/t20-,22+,25-/m0/s1. The maximum Gasteiger partial charge on any atom is 0.124 e.